The molecule has 168 valence electrons. The summed E-state index contributed by atoms with van der Waals surface area (Å²) in [6.07, 6.45) is 14.8. The molecule has 0 heterocycles. The summed E-state index contributed by atoms with van der Waals surface area (Å²) in [6.45, 7) is 0. The van der Waals surface area contributed by atoms with E-state index in [-0.39, 0.29) is 5.75 Å². The zero-order chi connectivity index (χ0) is 21.0. The van der Waals surface area contributed by atoms with Crippen molar-refractivity contribution in [3.8, 4) is 5.75 Å². The van der Waals surface area contributed by atoms with Crippen molar-refractivity contribution in [1.82, 2.24) is 0 Å². The Kier molecular flexibility index (Phi) is 7.31. The van der Waals surface area contributed by atoms with Gasteiger partial charge in [0.15, 0.2) is 0 Å². The summed E-state index contributed by atoms with van der Waals surface area (Å²) in [5.41, 5.74) is 1.11. The highest BCUT2D eigenvalue weighted by molar-refractivity contribution is 5.27. The van der Waals surface area contributed by atoms with Crippen LogP contribution in [0.3, 0.4) is 0 Å². The van der Waals surface area contributed by atoms with E-state index in [1.165, 1.54) is 89.2 Å². The molecule has 4 rings (SSSR count). The van der Waals surface area contributed by atoms with Gasteiger partial charge in [0.2, 0.25) is 0 Å². The Hall–Kier alpha value is -1.19. The van der Waals surface area contributed by atoms with E-state index in [0.717, 1.165) is 48.0 Å². The Balaban J connectivity index is 1.15. The Labute approximate surface area is 179 Å². The lowest BCUT2D eigenvalue weighted by molar-refractivity contribution is -0.274. The summed E-state index contributed by atoms with van der Waals surface area (Å²) in [6, 6.07) is 6.41. The van der Waals surface area contributed by atoms with Crippen LogP contribution in [0.2, 0.25) is 0 Å². The molecule has 3 saturated carbocycles. The Morgan fingerprint density at radius 2 is 1.13 bits per heavy atom. The zero-order valence-electron chi connectivity index (χ0n) is 18.1. The summed E-state index contributed by atoms with van der Waals surface area (Å²) in [4.78, 5) is 0. The van der Waals surface area contributed by atoms with Crippen molar-refractivity contribution in [3.63, 3.8) is 0 Å². The Bertz CT molecular complexity index is 631. The quantitative estimate of drug-likeness (QED) is 0.448. The van der Waals surface area contributed by atoms with Gasteiger partial charge in [0.05, 0.1) is 0 Å². The van der Waals surface area contributed by atoms with E-state index < -0.39 is 6.36 Å². The summed E-state index contributed by atoms with van der Waals surface area (Å²) in [5.74, 6) is 4.66. The van der Waals surface area contributed by atoms with Crippen LogP contribution in [0.5, 0.6) is 5.75 Å². The predicted molar refractivity (Wildman–Crippen MR) is 114 cm³/mol. The maximum atomic E-state index is 12.3. The molecule has 1 nitrogen and oxygen atoms in total. The standard InChI is InChI=1S/C26H37F3O/c27-26(28,29)30-25-17-9-20(10-18-25)6-5-19-7-11-22(12-8-19)24-15-13-23(14-16-24)21-3-1-2-4-21/h9-10,17-19,21-24H,1-8,11-16H2/t19-,22-,23-,24-. The van der Waals surface area contributed by atoms with Crippen molar-refractivity contribution in [2.45, 2.75) is 96.3 Å². The van der Waals surface area contributed by atoms with Gasteiger partial charge in [-0.25, -0.2) is 0 Å². The molecule has 0 unspecified atom stereocenters. The highest BCUT2D eigenvalue weighted by Gasteiger charge is 2.34. The molecule has 3 aliphatic rings. The summed E-state index contributed by atoms with van der Waals surface area (Å²) in [5, 5.41) is 0. The lowest BCUT2D eigenvalue weighted by Crippen LogP contribution is -2.27. The lowest BCUT2D eigenvalue weighted by Gasteiger charge is -2.39. The number of hydrogen-bond acceptors (Lipinski definition) is 1. The second kappa shape index (κ2) is 9.96. The van der Waals surface area contributed by atoms with E-state index in [2.05, 4.69) is 4.74 Å². The van der Waals surface area contributed by atoms with Crippen LogP contribution in [0, 0.1) is 29.6 Å². The van der Waals surface area contributed by atoms with Crippen LogP contribution in [-0.4, -0.2) is 6.36 Å². The molecule has 0 amide bonds. The van der Waals surface area contributed by atoms with Crippen LogP contribution in [0.4, 0.5) is 13.2 Å². The van der Waals surface area contributed by atoms with Crippen molar-refractivity contribution in [2.75, 3.05) is 0 Å². The van der Waals surface area contributed by atoms with Gasteiger partial charge in [-0.05, 0) is 98.7 Å². The minimum absolute atomic E-state index is 0.130. The van der Waals surface area contributed by atoms with Gasteiger partial charge in [0.1, 0.15) is 5.75 Å². The van der Waals surface area contributed by atoms with Gasteiger partial charge in [-0.3, -0.25) is 0 Å². The van der Waals surface area contributed by atoms with E-state index >= 15 is 0 Å². The zero-order valence-corrected chi connectivity index (χ0v) is 18.1. The van der Waals surface area contributed by atoms with Crippen molar-refractivity contribution < 1.29 is 17.9 Å². The smallest absolute Gasteiger partial charge is 0.406 e. The molecule has 3 aliphatic carbocycles. The second-order valence-electron chi connectivity index (χ2n) is 10.2. The lowest BCUT2D eigenvalue weighted by atomic mass is 9.67. The predicted octanol–water partition coefficient (Wildman–Crippen LogP) is 8.32. The molecule has 4 heteroatoms. The van der Waals surface area contributed by atoms with E-state index in [1.54, 1.807) is 12.1 Å². The van der Waals surface area contributed by atoms with Gasteiger partial charge in [-0.1, -0.05) is 50.7 Å². The molecular formula is C26H37F3O. The van der Waals surface area contributed by atoms with Gasteiger partial charge in [-0.15, -0.1) is 13.2 Å². The average molecular weight is 423 g/mol. The van der Waals surface area contributed by atoms with Gasteiger partial charge in [0, 0.05) is 0 Å². The van der Waals surface area contributed by atoms with Crippen LogP contribution >= 0.6 is 0 Å². The Morgan fingerprint density at radius 3 is 1.63 bits per heavy atom. The first-order valence-electron chi connectivity index (χ1n) is 12.3. The molecule has 0 saturated heterocycles. The highest BCUT2D eigenvalue weighted by atomic mass is 19.4. The largest absolute Gasteiger partial charge is 0.573 e. The number of rotatable bonds is 6. The van der Waals surface area contributed by atoms with Gasteiger partial charge >= 0.3 is 6.36 Å². The maximum absolute atomic E-state index is 12.3. The van der Waals surface area contributed by atoms with Crippen molar-refractivity contribution >= 4 is 0 Å². The molecule has 1 aromatic rings. The molecule has 0 aliphatic heterocycles. The van der Waals surface area contributed by atoms with E-state index in [1.807, 2.05) is 0 Å². The molecule has 3 fully saturated rings. The third kappa shape index (κ3) is 6.17. The first kappa shape index (κ1) is 22.0. The van der Waals surface area contributed by atoms with Crippen LogP contribution in [0.1, 0.15) is 89.0 Å². The maximum Gasteiger partial charge on any atom is 0.573 e. The SMILES string of the molecule is FC(F)(F)Oc1ccc(CC[C@H]2CC[C@H]([C@H]3CC[C@H](C4CCCC4)CC3)CC2)cc1. The second-order valence-corrected chi connectivity index (χ2v) is 10.2. The number of halogens is 3. The first-order chi connectivity index (χ1) is 14.5. The van der Waals surface area contributed by atoms with Crippen molar-refractivity contribution in [2.24, 2.45) is 29.6 Å². The normalized spacial score (nSPS) is 31.0. The van der Waals surface area contributed by atoms with Crippen LogP contribution in [0.25, 0.3) is 0 Å². The number of aryl methyl sites for hydroxylation is 1. The molecule has 30 heavy (non-hydrogen) atoms. The minimum atomic E-state index is -4.62. The third-order valence-electron chi connectivity index (χ3n) is 8.44. The molecule has 0 atom stereocenters. The van der Waals surface area contributed by atoms with Crippen LogP contribution in [0.15, 0.2) is 24.3 Å². The molecule has 0 radical (unpaired) electrons. The van der Waals surface area contributed by atoms with E-state index in [4.69, 9.17) is 0 Å². The minimum Gasteiger partial charge on any atom is -0.406 e. The summed E-state index contributed by atoms with van der Waals surface area (Å²) in [7, 11) is 0. The van der Waals surface area contributed by atoms with Gasteiger partial charge < -0.3 is 4.74 Å². The van der Waals surface area contributed by atoms with Crippen molar-refractivity contribution in [1.29, 1.82) is 0 Å². The van der Waals surface area contributed by atoms with E-state index in [0.29, 0.717) is 0 Å². The van der Waals surface area contributed by atoms with Crippen LogP contribution < -0.4 is 4.74 Å². The summed E-state index contributed by atoms with van der Waals surface area (Å²) < 4.78 is 40.8. The molecule has 0 aromatic heterocycles. The van der Waals surface area contributed by atoms with Crippen molar-refractivity contribution in [3.05, 3.63) is 29.8 Å². The fourth-order valence-electron chi connectivity index (χ4n) is 6.69. The fraction of sp³-hybridized carbons (Fsp3) is 0.769. The number of ether oxygens (including phenoxy) is 1. The number of hydrogen-bond donors (Lipinski definition) is 0. The first-order valence-corrected chi connectivity index (χ1v) is 12.3. The molecule has 0 spiro atoms. The highest BCUT2D eigenvalue weighted by Crippen LogP contribution is 2.46. The van der Waals surface area contributed by atoms with Crippen LogP contribution in [-0.2, 0) is 6.42 Å². The molecule has 0 bridgehead atoms. The van der Waals surface area contributed by atoms with E-state index in [9.17, 15) is 13.2 Å². The number of benzene rings is 1. The molecular weight excluding hydrogens is 385 g/mol. The van der Waals surface area contributed by atoms with Gasteiger partial charge in [-0.2, -0.15) is 0 Å². The average Bonchev–Trinajstić information content (AvgIpc) is 3.28. The van der Waals surface area contributed by atoms with Gasteiger partial charge in [0.25, 0.3) is 0 Å². The Morgan fingerprint density at radius 1 is 0.667 bits per heavy atom. The fourth-order valence-corrected chi connectivity index (χ4v) is 6.69. The summed E-state index contributed by atoms with van der Waals surface area (Å²) >= 11 is 0. The molecule has 1 aromatic carbocycles. The monoisotopic (exact) mass is 422 g/mol. The third-order valence-corrected chi connectivity index (χ3v) is 8.44. The number of alkyl halides is 3. The topological polar surface area (TPSA) is 9.23 Å². The molecule has 0 N–H and O–H groups in total.